The van der Waals surface area contributed by atoms with Gasteiger partial charge in [0, 0.05) is 12.6 Å². The van der Waals surface area contributed by atoms with Crippen LogP contribution < -0.4 is 4.72 Å². The van der Waals surface area contributed by atoms with Gasteiger partial charge in [0.2, 0.25) is 10.0 Å². The average Bonchev–Trinajstić information content (AvgIpc) is 2.89. The van der Waals surface area contributed by atoms with Crippen molar-refractivity contribution in [1.82, 2.24) is 9.71 Å². The van der Waals surface area contributed by atoms with Crippen molar-refractivity contribution >= 4 is 10.0 Å². The van der Waals surface area contributed by atoms with Crippen molar-refractivity contribution in [1.29, 1.82) is 5.26 Å². The number of halogens is 3. The quantitative estimate of drug-likeness (QED) is 0.336. The molecule has 5 nitrogen and oxygen atoms in total. The van der Waals surface area contributed by atoms with E-state index >= 15 is 0 Å². The molecule has 0 aliphatic carbocycles. The van der Waals surface area contributed by atoms with Gasteiger partial charge in [0.1, 0.15) is 5.54 Å². The van der Waals surface area contributed by atoms with Crippen molar-refractivity contribution in [3.63, 3.8) is 0 Å². The zero-order chi connectivity index (χ0) is 26.7. The molecule has 0 saturated heterocycles. The monoisotopic (exact) mass is 521 g/mol. The predicted molar refractivity (Wildman–Crippen MR) is 133 cm³/mol. The molecule has 9 heteroatoms. The van der Waals surface area contributed by atoms with E-state index in [2.05, 4.69) is 9.71 Å². The largest absolute Gasteiger partial charge is 0.416 e. The smallest absolute Gasteiger partial charge is 0.259 e. The number of nitrogens with one attached hydrogen (secondary N) is 1. The highest BCUT2D eigenvalue weighted by molar-refractivity contribution is 7.89. The summed E-state index contributed by atoms with van der Waals surface area (Å²) in [6.45, 7) is 1.81. The van der Waals surface area contributed by atoms with Crippen LogP contribution in [0.25, 0.3) is 0 Å². The van der Waals surface area contributed by atoms with Crippen LogP contribution in [0, 0.1) is 18.3 Å². The third-order valence-electron chi connectivity index (χ3n) is 5.95. The van der Waals surface area contributed by atoms with Gasteiger partial charge in [-0.05, 0) is 66.1 Å². The number of alkyl halides is 3. The van der Waals surface area contributed by atoms with E-state index in [1.165, 1.54) is 36.4 Å². The van der Waals surface area contributed by atoms with Crippen LogP contribution in [0.1, 0.15) is 33.5 Å². The average molecular weight is 522 g/mol. The molecule has 1 N–H and O–H groups in total. The fourth-order valence-corrected chi connectivity index (χ4v) is 5.43. The van der Waals surface area contributed by atoms with Gasteiger partial charge in [-0.15, -0.1) is 0 Å². The van der Waals surface area contributed by atoms with Crippen molar-refractivity contribution < 1.29 is 21.6 Å². The van der Waals surface area contributed by atoms with Gasteiger partial charge in [-0.1, -0.05) is 48.5 Å². The second-order valence-corrected chi connectivity index (χ2v) is 10.3. The summed E-state index contributed by atoms with van der Waals surface area (Å²) in [7, 11) is -4.30. The summed E-state index contributed by atoms with van der Waals surface area (Å²) in [4.78, 5) is 4.33. The minimum atomic E-state index is -4.64. The third kappa shape index (κ3) is 5.71. The van der Waals surface area contributed by atoms with Crippen molar-refractivity contribution in [2.75, 3.05) is 0 Å². The molecule has 0 amide bonds. The maximum Gasteiger partial charge on any atom is 0.416 e. The number of aromatic nitrogens is 1. The van der Waals surface area contributed by atoms with E-state index in [1.807, 2.05) is 6.07 Å². The van der Waals surface area contributed by atoms with Crippen molar-refractivity contribution in [3.8, 4) is 6.07 Å². The normalized spacial score (nSPS) is 13.5. The number of nitrogens with zero attached hydrogens (tertiary/aromatic N) is 2. The number of benzene rings is 3. The van der Waals surface area contributed by atoms with Crippen LogP contribution in [0.4, 0.5) is 13.2 Å². The maximum atomic E-state index is 13.7. The molecular formula is C28H22F3N3O2S. The molecule has 188 valence electrons. The number of pyridine rings is 1. The molecule has 4 rings (SSSR count). The van der Waals surface area contributed by atoms with Crippen molar-refractivity contribution in [2.45, 2.75) is 30.0 Å². The fraction of sp³-hybridized carbons (Fsp3) is 0.143. The van der Waals surface area contributed by atoms with E-state index in [0.717, 1.165) is 17.7 Å². The maximum absolute atomic E-state index is 13.7. The van der Waals surface area contributed by atoms with E-state index in [-0.39, 0.29) is 28.1 Å². The Bertz CT molecular complexity index is 1530. The molecule has 0 radical (unpaired) electrons. The molecule has 0 fully saturated rings. The standard InChI is InChI=1S/C28H22F3N3O2S/c1-20-10-15-26(33-19-20)27(17-21-6-3-2-4-7-21,23-8-5-9-24(16-23)28(29,30)31)34-37(35,36)25-13-11-22(18-32)12-14-25/h2-16,19,34H,17H2,1H3. The zero-order valence-corrected chi connectivity index (χ0v) is 20.5. The van der Waals surface area contributed by atoms with E-state index in [1.54, 1.807) is 55.6 Å². The molecular weight excluding hydrogens is 499 g/mol. The summed E-state index contributed by atoms with van der Waals surface area (Å²) in [6, 6.07) is 24.0. The van der Waals surface area contributed by atoms with E-state index in [4.69, 9.17) is 5.26 Å². The van der Waals surface area contributed by atoms with E-state index in [0.29, 0.717) is 5.56 Å². The van der Waals surface area contributed by atoms with Crippen molar-refractivity contribution in [2.24, 2.45) is 0 Å². The SMILES string of the molecule is Cc1ccc(C(Cc2ccccc2)(NS(=O)(=O)c2ccc(C#N)cc2)c2cccc(C(F)(F)F)c2)nc1. The first-order chi connectivity index (χ1) is 17.5. The van der Waals surface area contributed by atoms with Gasteiger partial charge in [-0.25, -0.2) is 8.42 Å². The molecule has 1 heterocycles. The second kappa shape index (κ2) is 10.2. The Kier molecular flexibility index (Phi) is 7.16. The fourth-order valence-electron chi connectivity index (χ4n) is 4.07. The summed E-state index contributed by atoms with van der Waals surface area (Å²) in [5.74, 6) is 0. The first kappa shape index (κ1) is 26.1. The van der Waals surface area contributed by atoms with Crippen LogP contribution in [0.2, 0.25) is 0 Å². The summed E-state index contributed by atoms with van der Waals surface area (Å²) >= 11 is 0. The molecule has 1 atom stereocenters. The zero-order valence-electron chi connectivity index (χ0n) is 19.7. The molecule has 1 aromatic heterocycles. The number of sulfonamides is 1. The van der Waals surface area contributed by atoms with Crippen LogP contribution in [0.15, 0.2) is 102 Å². The Labute approximate surface area is 213 Å². The predicted octanol–water partition coefficient (Wildman–Crippen LogP) is 5.75. The molecule has 0 bridgehead atoms. The Morgan fingerprint density at radius 3 is 2.16 bits per heavy atom. The van der Waals surface area contributed by atoms with Gasteiger partial charge in [0.25, 0.3) is 0 Å². The number of nitriles is 1. The minimum absolute atomic E-state index is 0.0132. The topological polar surface area (TPSA) is 82.9 Å². The van der Waals surface area contributed by atoms with Crippen LogP contribution in [0.5, 0.6) is 0 Å². The molecule has 0 saturated carbocycles. The van der Waals surface area contributed by atoms with Gasteiger partial charge >= 0.3 is 6.18 Å². The third-order valence-corrected chi connectivity index (χ3v) is 7.46. The van der Waals surface area contributed by atoms with Gasteiger partial charge in [-0.3, -0.25) is 4.98 Å². The Morgan fingerprint density at radius 1 is 0.892 bits per heavy atom. The van der Waals surface area contributed by atoms with E-state index < -0.39 is 27.3 Å². The van der Waals surface area contributed by atoms with E-state index in [9.17, 15) is 21.6 Å². The molecule has 1 unspecified atom stereocenters. The summed E-state index contributed by atoms with van der Waals surface area (Å²) < 4.78 is 71.3. The molecule has 0 spiro atoms. The minimum Gasteiger partial charge on any atom is -0.259 e. The van der Waals surface area contributed by atoms with Gasteiger partial charge in [0.15, 0.2) is 0 Å². The second-order valence-electron chi connectivity index (χ2n) is 8.61. The first-order valence-electron chi connectivity index (χ1n) is 11.2. The number of hydrogen-bond donors (Lipinski definition) is 1. The number of aryl methyl sites for hydroxylation is 1. The van der Waals surface area contributed by atoms with Gasteiger partial charge in [-0.2, -0.15) is 23.2 Å². The Morgan fingerprint density at radius 2 is 1.57 bits per heavy atom. The lowest BCUT2D eigenvalue weighted by atomic mass is 9.81. The van der Waals surface area contributed by atoms with Gasteiger partial charge in [0.05, 0.1) is 27.8 Å². The summed E-state index contributed by atoms with van der Waals surface area (Å²) in [5, 5.41) is 9.08. The lowest BCUT2D eigenvalue weighted by Gasteiger charge is -2.35. The lowest BCUT2D eigenvalue weighted by Crippen LogP contribution is -2.49. The number of rotatable bonds is 7. The molecule has 4 aromatic rings. The molecule has 0 aliphatic heterocycles. The van der Waals surface area contributed by atoms with Crippen LogP contribution in [-0.2, 0) is 28.2 Å². The highest BCUT2D eigenvalue weighted by Crippen LogP contribution is 2.38. The van der Waals surface area contributed by atoms with Gasteiger partial charge < -0.3 is 0 Å². The highest BCUT2D eigenvalue weighted by Gasteiger charge is 2.42. The molecule has 37 heavy (non-hydrogen) atoms. The highest BCUT2D eigenvalue weighted by atomic mass is 32.2. The van der Waals surface area contributed by atoms with Crippen LogP contribution in [0.3, 0.4) is 0 Å². The molecule has 0 aliphatic rings. The van der Waals surface area contributed by atoms with Crippen LogP contribution >= 0.6 is 0 Å². The summed E-state index contributed by atoms with van der Waals surface area (Å²) in [6.07, 6.45) is -3.11. The van der Waals surface area contributed by atoms with Crippen LogP contribution in [-0.4, -0.2) is 13.4 Å². The number of hydrogen-bond acceptors (Lipinski definition) is 4. The molecule has 3 aromatic carbocycles. The van der Waals surface area contributed by atoms with Crippen molar-refractivity contribution in [3.05, 3.63) is 131 Å². The lowest BCUT2D eigenvalue weighted by molar-refractivity contribution is -0.137. The first-order valence-corrected chi connectivity index (χ1v) is 12.7. The Balaban J connectivity index is 1.98. The Hall–Kier alpha value is -4.00. The summed E-state index contributed by atoms with van der Waals surface area (Å²) in [5.41, 5.74) is -0.526.